The molecule has 0 radical (unpaired) electrons. The van der Waals surface area contributed by atoms with E-state index in [9.17, 15) is 14.7 Å². The smallest absolute Gasteiger partial charge is 0.243 e. The summed E-state index contributed by atoms with van der Waals surface area (Å²) in [7, 11) is 0. The molecule has 0 aliphatic rings. The number of nitrogens with one attached hydrogen (secondary N) is 2. The third-order valence-electron chi connectivity index (χ3n) is 3.52. The number of carbonyl (C=O) groups is 2. The molecule has 2 rings (SSSR count). The van der Waals surface area contributed by atoms with Gasteiger partial charge in [-0.25, -0.2) is 0 Å². The van der Waals surface area contributed by atoms with Gasteiger partial charge < -0.3 is 15.7 Å². The van der Waals surface area contributed by atoms with Crippen molar-refractivity contribution in [2.75, 3.05) is 11.9 Å². The lowest BCUT2D eigenvalue weighted by Gasteiger charge is -2.10. The molecule has 0 saturated heterocycles. The Bertz CT molecular complexity index is 747. The van der Waals surface area contributed by atoms with Crippen molar-refractivity contribution in [3.63, 3.8) is 0 Å². The summed E-state index contributed by atoms with van der Waals surface area (Å²) in [6, 6.07) is 12.4. The van der Waals surface area contributed by atoms with Crippen molar-refractivity contribution in [1.82, 2.24) is 5.32 Å². The third-order valence-corrected chi connectivity index (χ3v) is 4.01. The molecule has 24 heavy (non-hydrogen) atoms. The van der Waals surface area contributed by atoms with E-state index in [1.165, 1.54) is 0 Å². The van der Waals surface area contributed by atoms with Crippen molar-refractivity contribution in [3.05, 3.63) is 58.1 Å². The van der Waals surface area contributed by atoms with Crippen LogP contribution in [-0.2, 0) is 16.0 Å². The van der Waals surface area contributed by atoms with Crippen molar-refractivity contribution >= 4 is 33.4 Å². The number of para-hydroxylation sites is 1. The Kier molecular flexibility index (Phi) is 6.37. The molecule has 0 spiro atoms. The number of phenols is 1. The highest BCUT2D eigenvalue weighted by atomic mass is 79.9. The summed E-state index contributed by atoms with van der Waals surface area (Å²) in [6.45, 7) is 1.81. The average molecular weight is 391 g/mol. The molecule has 2 amide bonds. The molecule has 0 bridgehead atoms. The molecule has 0 aliphatic heterocycles. The molecule has 126 valence electrons. The zero-order valence-electron chi connectivity index (χ0n) is 13.3. The van der Waals surface area contributed by atoms with Gasteiger partial charge in [0.25, 0.3) is 0 Å². The molecule has 6 heteroatoms. The standard InChI is InChI=1S/C18H19BrN2O3/c1-12-10-14(19)7-8-15(12)21-18(24)11-20-17(23)9-6-13-4-2-3-5-16(13)22/h2-5,7-8,10,22H,6,9,11H2,1H3,(H,20,23)(H,21,24). The molecule has 5 nitrogen and oxygen atoms in total. The summed E-state index contributed by atoms with van der Waals surface area (Å²) in [5.41, 5.74) is 2.36. The minimum absolute atomic E-state index is 0.0882. The fraction of sp³-hybridized carbons (Fsp3) is 0.222. The fourth-order valence-corrected chi connectivity index (χ4v) is 2.67. The molecule has 0 aromatic heterocycles. The Balaban J connectivity index is 1.77. The van der Waals surface area contributed by atoms with Crippen LogP contribution in [0.25, 0.3) is 0 Å². The van der Waals surface area contributed by atoms with Crippen molar-refractivity contribution < 1.29 is 14.7 Å². The number of anilines is 1. The van der Waals surface area contributed by atoms with Crippen molar-refractivity contribution in [1.29, 1.82) is 0 Å². The molecule has 0 saturated carbocycles. The first kappa shape index (κ1) is 18.0. The van der Waals surface area contributed by atoms with Crippen LogP contribution in [0.1, 0.15) is 17.5 Å². The van der Waals surface area contributed by atoms with Crippen molar-refractivity contribution in [3.8, 4) is 5.75 Å². The Morgan fingerprint density at radius 3 is 2.58 bits per heavy atom. The Morgan fingerprint density at radius 1 is 1.12 bits per heavy atom. The second-order valence-corrected chi connectivity index (χ2v) is 6.33. The van der Waals surface area contributed by atoms with Gasteiger partial charge in [-0.3, -0.25) is 9.59 Å². The number of carbonyl (C=O) groups excluding carboxylic acids is 2. The van der Waals surface area contributed by atoms with Crippen LogP contribution in [0.15, 0.2) is 46.9 Å². The number of halogens is 1. The highest BCUT2D eigenvalue weighted by Crippen LogP contribution is 2.20. The first-order valence-corrected chi connectivity index (χ1v) is 8.34. The van der Waals surface area contributed by atoms with Gasteiger partial charge in [-0.05, 0) is 48.7 Å². The summed E-state index contributed by atoms with van der Waals surface area (Å²) < 4.78 is 0.940. The van der Waals surface area contributed by atoms with Gasteiger partial charge in [0.05, 0.1) is 6.54 Å². The van der Waals surface area contributed by atoms with Crippen molar-refractivity contribution in [2.45, 2.75) is 19.8 Å². The van der Waals surface area contributed by atoms with Crippen molar-refractivity contribution in [2.24, 2.45) is 0 Å². The lowest BCUT2D eigenvalue weighted by atomic mass is 10.1. The highest BCUT2D eigenvalue weighted by Gasteiger charge is 2.09. The zero-order chi connectivity index (χ0) is 17.5. The summed E-state index contributed by atoms with van der Waals surface area (Å²) in [5.74, 6) is -0.342. The van der Waals surface area contributed by atoms with E-state index in [0.29, 0.717) is 17.7 Å². The predicted octanol–water partition coefficient (Wildman–Crippen LogP) is 3.15. The second kappa shape index (κ2) is 8.49. The summed E-state index contributed by atoms with van der Waals surface area (Å²) >= 11 is 3.37. The molecular weight excluding hydrogens is 372 g/mol. The third kappa shape index (κ3) is 5.38. The van der Waals surface area contributed by atoms with Gasteiger partial charge in [0.2, 0.25) is 11.8 Å². The molecular formula is C18H19BrN2O3. The number of benzene rings is 2. The van der Waals surface area contributed by atoms with E-state index in [4.69, 9.17) is 0 Å². The monoisotopic (exact) mass is 390 g/mol. The first-order valence-electron chi connectivity index (χ1n) is 7.55. The molecule has 0 aliphatic carbocycles. The number of aromatic hydroxyl groups is 1. The molecule has 2 aromatic carbocycles. The molecule has 2 aromatic rings. The van der Waals surface area contributed by atoms with Gasteiger partial charge in [-0.1, -0.05) is 34.1 Å². The number of aryl methyl sites for hydroxylation is 2. The van der Waals surface area contributed by atoms with Crippen LogP contribution in [0.4, 0.5) is 5.69 Å². The maximum atomic E-state index is 11.9. The van der Waals surface area contributed by atoms with Crippen LogP contribution < -0.4 is 10.6 Å². The summed E-state index contributed by atoms with van der Waals surface area (Å²) in [5, 5.41) is 15.0. The minimum atomic E-state index is -0.281. The number of hydrogen-bond donors (Lipinski definition) is 3. The van der Waals surface area contributed by atoms with Crippen LogP contribution >= 0.6 is 15.9 Å². The SMILES string of the molecule is Cc1cc(Br)ccc1NC(=O)CNC(=O)CCc1ccccc1O. The van der Waals surface area contributed by atoms with Gasteiger partial charge >= 0.3 is 0 Å². The second-order valence-electron chi connectivity index (χ2n) is 5.41. The number of phenolic OH excluding ortho intramolecular Hbond substituents is 1. The molecule has 3 N–H and O–H groups in total. The van der Waals surface area contributed by atoms with Gasteiger partial charge in [-0.2, -0.15) is 0 Å². The predicted molar refractivity (Wildman–Crippen MR) is 96.9 cm³/mol. The van der Waals surface area contributed by atoms with Crippen LogP contribution in [0, 0.1) is 6.92 Å². The van der Waals surface area contributed by atoms with E-state index in [-0.39, 0.29) is 30.5 Å². The summed E-state index contributed by atoms with van der Waals surface area (Å²) in [4.78, 5) is 23.7. The lowest BCUT2D eigenvalue weighted by Crippen LogP contribution is -2.33. The van der Waals surface area contributed by atoms with E-state index in [0.717, 1.165) is 10.0 Å². The molecule has 0 heterocycles. The zero-order valence-corrected chi connectivity index (χ0v) is 14.9. The maximum Gasteiger partial charge on any atom is 0.243 e. The van der Waals surface area contributed by atoms with Crippen LogP contribution in [0.3, 0.4) is 0 Å². The van der Waals surface area contributed by atoms with Crippen LogP contribution in [0.5, 0.6) is 5.75 Å². The Morgan fingerprint density at radius 2 is 1.88 bits per heavy atom. The molecule has 0 atom stereocenters. The number of amides is 2. The van der Waals surface area contributed by atoms with Gasteiger partial charge in [0.1, 0.15) is 5.75 Å². The van der Waals surface area contributed by atoms with Gasteiger partial charge in [0.15, 0.2) is 0 Å². The number of rotatable bonds is 6. The average Bonchev–Trinajstić information content (AvgIpc) is 2.55. The van der Waals surface area contributed by atoms with Gasteiger partial charge in [-0.15, -0.1) is 0 Å². The highest BCUT2D eigenvalue weighted by molar-refractivity contribution is 9.10. The molecule has 0 unspecified atom stereocenters. The fourth-order valence-electron chi connectivity index (χ4n) is 2.20. The quantitative estimate of drug-likeness (QED) is 0.708. The van der Waals surface area contributed by atoms with E-state index < -0.39 is 0 Å². The topological polar surface area (TPSA) is 78.4 Å². The van der Waals surface area contributed by atoms with E-state index >= 15 is 0 Å². The minimum Gasteiger partial charge on any atom is -0.508 e. The van der Waals surface area contributed by atoms with E-state index in [2.05, 4.69) is 26.6 Å². The van der Waals surface area contributed by atoms with Crippen LogP contribution in [-0.4, -0.2) is 23.5 Å². The Hall–Kier alpha value is -2.34. The molecule has 0 fully saturated rings. The van der Waals surface area contributed by atoms with E-state index in [1.807, 2.05) is 19.1 Å². The van der Waals surface area contributed by atoms with Gasteiger partial charge in [0, 0.05) is 16.6 Å². The largest absolute Gasteiger partial charge is 0.508 e. The summed E-state index contributed by atoms with van der Waals surface area (Å²) in [6.07, 6.45) is 0.633. The Labute approximate surface area is 149 Å². The number of hydrogen-bond acceptors (Lipinski definition) is 3. The lowest BCUT2D eigenvalue weighted by molar-refractivity contribution is -0.124. The normalized spacial score (nSPS) is 10.2. The van der Waals surface area contributed by atoms with Crippen LogP contribution in [0.2, 0.25) is 0 Å². The first-order chi connectivity index (χ1) is 11.5. The maximum absolute atomic E-state index is 11.9. The van der Waals surface area contributed by atoms with E-state index in [1.54, 1.807) is 30.3 Å².